The number of rotatable bonds is 12. The number of benzene rings is 6. The highest BCUT2D eigenvalue weighted by Gasteiger charge is 2.38. The maximum Gasteiger partial charge on any atom is 0.170 e. The van der Waals surface area contributed by atoms with Gasteiger partial charge in [-0.25, -0.2) is 0 Å². The van der Waals surface area contributed by atoms with Gasteiger partial charge in [0.2, 0.25) is 0 Å². The van der Waals surface area contributed by atoms with Crippen LogP contribution in [0.1, 0.15) is 33.4 Å². The van der Waals surface area contributed by atoms with E-state index in [9.17, 15) is 0 Å². The molecule has 6 heteroatoms. The van der Waals surface area contributed by atoms with Gasteiger partial charge in [-0.3, -0.25) is 0 Å². The van der Waals surface area contributed by atoms with Gasteiger partial charge in [-0.05, 0) is 94.1 Å². The predicted octanol–water partition coefficient (Wildman–Crippen LogP) is 8.89. The molecular weight excluding hydrogens is 697 g/mol. The van der Waals surface area contributed by atoms with E-state index in [-0.39, 0.29) is 19.0 Å². The first-order valence-electron chi connectivity index (χ1n) is 17.5. The topological polar surface area (TPSA) is 36.9 Å². The Morgan fingerprint density at radius 1 is 0.352 bits per heavy atom. The van der Waals surface area contributed by atoms with Crippen LogP contribution in [-0.2, 0) is 10.1 Å². The first-order chi connectivity index (χ1) is 26.6. The summed E-state index contributed by atoms with van der Waals surface area (Å²) in [5.41, 5.74) is 13.9. The number of ether oxygens (including phenoxy) is 4. The molecule has 0 aliphatic heterocycles. The van der Waals surface area contributed by atoms with Crippen LogP contribution in [0.3, 0.4) is 0 Å². The molecule has 6 aromatic rings. The van der Waals surface area contributed by atoms with Crippen LogP contribution in [-0.4, -0.2) is 47.5 Å². The van der Waals surface area contributed by atoms with Crippen molar-refractivity contribution >= 4 is 19.0 Å². The Labute approximate surface area is 324 Å². The molecule has 6 rings (SSSR count). The molecule has 0 amide bonds. The van der Waals surface area contributed by atoms with Gasteiger partial charge in [-0.2, -0.15) is 0 Å². The normalized spacial score (nSPS) is 11.1. The van der Waals surface area contributed by atoms with Crippen molar-refractivity contribution in [3.05, 3.63) is 203 Å². The van der Waals surface area contributed by atoms with Crippen LogP contribution in [0.5, 0.6) is 23.0 Å². The highest BCUT2D eigenvalue weighted by molar-refractivity contribution is 6.53. The van der Waals surface area contributed by atoms with E-state index < -0.39 is 10.1 Å². The van der Waals surface area contributed by atoms with Crippen LogP contribution >= 0.6 is 0 Å². The zero-order valence-electron chi connectivity index (χ0n) is 30.8. The molecular formula is C48H40O4Si2. The molecule has 0 heterocycles. The van der Waals surface area contributed by atoms with Gasteiger partial charge in [-0.15, -0.1) is 11.1 Å². The van der Waals surface area contributed by atoms with Gasteiger partial charge in [-0.1, -0.05) is 121 Å². The molecule has 0 fully saturated rings. The van der Waals surface area contributed by atoms with Crippen molar-refractivity contribution in [2.75, 3.05) is 28.4 Å². The molecule has 264 valence electrons. The summed E-state index contributed by atoms with van der Waals surface area (Å²) in [5, 5.41) is -1.03. The van der Waals surface area contributed by atoms with Crippen LogP contribution < -0.4 is 18.9 Å². The van der Waals surface area contributed by atoms with Crippen molar-refractivity contribution in [3.8, 4) is 45.9 Å². The van der Waals surface area contributed by atoms with E-state index in [0.717, 1.165) is 56.4 Å². The molecule has 0 atom stereocenters. The third kappa shape index (κ3) is 8.06. The molecule has 4 nitrogen and oxygen atoms in total. The Morgan fingerprint density at radius 2 is 0.593 bits per heavy atom. The summed E-state index contributed by atoms with van der Waals surface area (Å²) in [5.74, 6) is 9.87. The summed E-state index contributed by atoms with van der Waals surface area (Å²) in [4.78, 5) is 0. The molecule has 0 N–H and O–H groups in total. The van der Waals surface area contributed by atoms with E-state index in [2.05, 4.69) is 120 Å². The molecule has 0 spiro atoms. The van der Waals surface area contributed by atoms with E-state index in [1.165, 1.54) is 0 Å². The summed E-state index contributed by atoms with van der Waals surface area (Å²) in [6.07, 6.45) is 3.71. The molecule has 6 aromatic carbocycles. The van der Waals surface area contributed by atoms with Crippen LogP contribution in [0, 0.1) is 22.9 Å². The first-order valence-corrected chi connectivity index (χ1v) is 19.5. The van der Waals surface area contributed by atoms with Crippen LogP contribution in [0.2, 0.25) is 0 Å². The highest BCUT2D eigenvalue weighted by Crippen LogP contribution is 2.41. The number of hydrogen-bond donors (Lipinski definition) is 0. The second-order valence-corrected chi connectivity index (χ2v) is 14.8. The quantitative estimate of drug-likeness (QED) is 0.0715. The Morgan fingerprint density at radius 3 is 0.833 bits per heavy atom. The Bertz CT molecular complexity index is 1990. The Kier molecular flexibility index (Phi) is 12.5. The lowest BCUT2D eigenvalue weighted by atomic mass is 9.83. The summed E-state index contributed by atoms with van der Waals surface area (Å²) >= 11 is 0. The molecule has 0 aromatic heterocycles. The fraction of sp³-hybridized carbons (Fsp3) is 0.125. The van der Waals surface area contributed by atoms with Crippen molar-refractivity contribution in [1.29, 1.82) is 0 Å². The predicted molar refractivity (Wildman–Crippen MR) is 221 cm³/mol. The van der Waals surface area contributed by atoms with Gasteiger partial charge < -0.3 is 18.9 Å². The summed E-state index contributed by atoms with van der Waals surface area (Å²) in [6.45, 7) is 0. The van der Waals surface area contributed by atoms with E-state index in [4.69, 9.17) is 18.9 Å². The average molecular weight is 737 g/mol. The van der Waals surface area contributed by atoms with E-state index in [0.29, 0.717) is 0 Å². The van der Waals surface area contributed by atoms with Gasteiger partial charge in [0.05, 0.1) is 28.4 Å². The largest absolute Gasteiger partial charge is 0.497 e. The maximum absolute atomic E-state index is 5.51. The van der Waals surface area contributed by atoms with Crippen LogP contribution in [0.25, 0.3) is 0 Å². The van der Waals surface area contributed by atoms with Crippen molar-refractivity contribution in [2.24, 2.45) is 0 Å². The smallest absolute Gasteiger partial charge is 0.170 e. The highest BCUT2D eigenvalue weighted by atomic mass is 28.2. The van der Waals surface area contributed by atoms with E-state index in [1.54, 1.807) is 28.4 Å². The standard InChI is InChI=1S/C48H40O4Si2/c1-49-43-27-19-39(20-28-43)47(37-15-9-7-10-16-37,40-21-29-44(50-2)30-22-40)53-35-13-5-6-14-36-54-48(38-17-11-8-12-18-38,41-23-31-45(51-3)32-24-41)42-25-33-46(52-4)34-26-42/h5-12,15-34H,1-4H3/b6-5-. The molecule has 0 saturated carbocycles. The van der Waals surface area contributed by atoms with Gasteiger partial charge >= 0.3 is 0 Å². The van der Waals surface area contributed by atoms with Crippen molar-refractivity contribution < 1.29 is 18.9 Å². The molecule has 4 radical (unpaired) electrons. The Hall–Kier alpha value is -6.19. The fourth-order valence-electron chi connectivity index (χ4n) is 6.60. The first kappa shape index (κ1) is 37.6. The minimum absolute atomic E-state index is 0.204. The molecule has 0 aliphatic carbocycles. The van der Waals surface area contributed by atoms with E-state index in [1.807, 2.05) is 72.8 Å². The Balaban J connectivity index is 1.35. The van der Waals surface area contributed by atoms with Gasteiger partial charge in [0.15, 0.2) is 19.0 Å². The van der Waals surface area contributed by atoms with Crippen LogP contribution in [0.4, 0.5) is 0 Å². The SMILES string of the molecule is COc1ccc(C([Si]C#C/C=C\C#C[Si]C(c2ccccc2)(c2ccc(OC)cc2)c2ccc(OC)cc2)(c2ccccc2)c2ccc(OC)cc2)cc1. The third-order valence-electron chi connectivity index (χ3n) is 9.40. The van der Waals surface area contributed by atoms with Crippen molar-refractivity contribution in [3.63, 3.8) is 0 Å². The summed E-state index contributed by atoms with van der Waals surface area (Å²) in [6, 6.07) is 54.3. The summed E-state index contributed by atoms with van der Waals surface area (Å²) in [7, 11) is 7.15. The van der Waals surface area contributed by atoms with Crippen LogP contribution in [0.15, 0.2) is 170 Å². The molecule has 0 aliphatic rings. The molecule has 54 heavy (non-hydrogen) atoms. The lowest BCUT2D eigenvalue weighted by Crippen LogP contribution is -2.35. The minimum atomic E-state index is -0.514. The van der Waals surface area contributed by atoms with Gasteiger partial charge in [0.25, 0.3) is 0 Å². The second-order valence-electron chi connectivity index (χ2n) is 12.3. The second kappa shape index (κ2) is 18.0. The molecule has 0 unspecified atom stereocenters. The van der Waals surface area contributed by atoms with Crippen molar-refractivity contribution in [2.45, 2.75) is 10.1 Å². The zero-order chi connectivity index (χ0) is 37.6. The van der Waals surface area contributed by atoms with Crippen molar-refractivity contribution in [1.82, 2.24) is 0 Å². The lowest BCUT2D eigenvalue weighted by Gasteiger charge is -2.34. The van der Waals surface area contributed by atoms with Gasteiger partial charge in [0.1, 0.15) is 23.0 Å². The number of methoxy groups -OCH3 is 4. The minimum Gasteiger partial charge on any atom is -0.497 e. The zero-order valence-corrected chi connectivity index (χ0v) is 32.8. The molecule has 0 bridgehead atoms. The monoisotopic (exact) mass is 736 g/mol. The maximum atomic E-state index is 5.51. The number of allylic oxidation sites excluding steroid dienone is 2. The fourth-order valence-corrected chi connectivity index (χ4v) is 9.15. The number of hydrogen-bond acceptors (Lipinski definition) is 4. The summed E-state index contributed by atoms with van der Waals surface area (Å²) < 4.78 is 22.0. The van der Waals surface area contributed by atoms with Gasteiger partial charge in [0, 0.05) is 10.1 Å². The third-order valence-corrected chi connectivity index (χ3v) is 12.4. The van der Waals surface area contributed by atoms with E-state index >= 15 is 0 Å². The average Bonchev–Trinajstić information content (AvgIpc) is 3.25. The molecule has 0 saturated heterocycles. The lowest BCUT2D eigenvalue weighted by molar-refractivity contribution is 0.414.